The van der Waals surface area contributed by atoms with Gasteiger partial charge in [-0.2, -0.15) is 0 Å². The molecule has 0 aromatic carbocycles. The molecule has 15 heavy (non-hydrogen) atoms. The number of hydrogen-bond acceptors (Lipinski definition) is 3. The smallest absolute Gasteiger partial charge is 0.216 e. The van der Waals surface area contributed by atoms with E-state index >= 15 is 0 Å². The van der Waals surface area contributed by atoms with Gasteiger partial charge in [0.25, 0.3) is 0 Å². The number of carbonyl (C=O) groups is 1. The van der Waals surface area contributed by atoms with Gasteiger partial charge in [0.1, 0.15) is 0 Å². The number of carbonyl (C=O) groups excluding carboxylic acids is 1. The van der Waals surface area contributed by atoms with Gasteiger partial charge < -0.3 is 15.5 Å². The zero-order chi connectivity index (χ0) is 11.5. The Balaban J connectivity index is 0. The van der Waals surface area contributed by atoms with Crippen LogP contribution in [0.25, 0.3) is 0 Å². The van der Waals surface area contributed by atoms with E-state index in [0.29, 0.717) is 0 Å². The summed E-state index contributed by atoms with van der Waals surface area (Å²) in [5.74, 6) is 0.0697. The lowest BCUT2D eigenvalue weighted by Gasteiger charge is -2.26. The highest BCUT2D eigenvalue weighted by Crippen LogP contribution is 1.93. The highest BCUT2D eigenvalue weighted by atomic mass is 16.1. The molecule has 1 aliphatic rings. The number of amides is 1. The maximum atomic E-state index is 10.6. The van der Waals surface area contributed by atoms with Crippen LogP contribution >= 0.6 is 0 Å². The van der Waals surface area contributed by atoms with Crippen molar-refractivity contribution in [1.82, 2.24) is 15.5 Å². The minimum Gasteiger partial charge on any atom is -0.356 e. The van der Waals surface area contributed by atoms with E-state index in [4.69, 9.17) is 0 Å². The molecule has 0 bridgehead atoms. The van der Waals surface area contributed by atoms with Gasteiger partial charge in [-0.15, -0.1) is 0 Å². The summed E-state index contributed by atoms with van der Waals surface area (Å²) in [7, 11) is 0. The van der Waals surface area contributed by atoms with Crippen LogP contribution in [0, 0.1) is 0 Å². The van der Waals surface area contributed by atoms with Crippen molar-refractivity contribution in [1.29, 1.82) is 0 Å². The Morgan fingerprint density at radius 2 is 2.00 bits per heavy atom. The van der Waals surface area contributed by atoms with Crippen LogP contribution in [0.3, 0.4) is 0 Å². The molecule has 4 nitrogen and oxygen atoms in total. The molecule has 1 rings (SSSR count). The molecular weight excluding hydrogens is 190 g/mol. The van der Waals surface area contributed by atoms with Gasteiger partial charge in [-0.3, -0.25) is 4.79 Å². The molecule has 0 spiro atoms. The average molecular weight is 217 g/mol. The lowest BCUT2D eigenvalue weighted by molar-refractivity contribution is -0.118. The monoisotopic (exact) mass is 217 g/mol. The van der Waals surface area contributed by atoms with Crippen molar-refractivity contribution in [2.75, 3.05) is 39.3 Å². The topological polar surface area (TPSA) is 44.4 Å². The van der Waals surface area contributed by atoms with Gasteiger partial charge >= 0.3 is 0 Å². The first kappa shape index (κ1) is 14.4. The fraction of sp³-hybridized carbons (Fsp3) is 0.909. The molecule has 1 heterocycles. The van der Waals surface area contributed by atoms with Gasteiger partial charge in [-0.1, -0.05) is 13.8 Å². The Hall–Kier alpha value is -0.610. The highest BCUT2D eigenvalue weighted by molar-refractivity contribution is 5.72. The minimum absolute atomic E-state index is 0. The van der Waals surface area contributed by atoms with E-state index in [0.717, 1.165) is 45.7 Å². The summed E-state index contributed by atoms with van der Waals surface area (Å²) in [6, 6.07) is 0. The van der Waals surface area contributed by atoms with E-state index in [9.17, 15) is 4.79 Å². The number of piperazine rings is 1. The van der Waals surface area contributed by atoms with Crippen LogP contribution in [-0.2, 0) is 4.79 Å². The molecule has 0 radical (unpaired) electrons. The fourth-order valence-corrected chi connectivity index (χ4v) is 1.50. The third-order valence-electron chi connectivity index (χ3n) is 2.23. The second-order valence-corrected chi connectivity index (χ2v) is 3.43. The molecule has 0 aromatic rings. The molecule has 2 N–H and O–H groups in total. The molecule has 0 aromatic heterocycles. The van der Waals surface area contributed by atoms with Crippen LogP contribution in [0.5, 0.6) is 0 Å². The Morgan fingerprint density at radius 1 is 1.40 bits per heavy atom. The fourth-order valence-electron chi connectivity index (χ4n) is 1.50. The highest BCUT2D eigenvalue weighted by Gasteiger charge is 2.07. The molecule has 1 fully saturated rings. The minimum atomic E-state index is 0. The molecular formula is C11H27N3O. The van der Waals surface area contributed by atoms with Crippen LogP contribution in [0.1, 0.15) is 28.6 Å². The van der Waals surface area contributed by atoms with Crippen molar-refractivity contribution in [3.8, 4) is 0 Å². The summed E-state index contributed by atoms with van der Waals surface area (Å²) in [6.07, 6.45) is 1.06. The zero-order valence-corrected chi connectivity index (χ0v) is 10.3. The SMILES string of the molecule is CC.CC(=O)NCCCN1CCNCC1.[HH]. The molecule has 4 heteroatoms. The Morgan fingerprint density at radius 3 is 2.53 bits per heavy atom. The van der Waals surface area contributed by atoms with Gasteiger partial charge in [-0.05, 0) is 13.0 Å². The molecule has 1 amide bonds. The number of hydrogen-bond donors (Lipinski definition) is 2. The normalized spacial score (nSPS) is 16.5. The second-order valence-electron chi connectivity index (χ2n) is 3.43. The van der Waals surface area contributed by atoms with Crippen LogP contribution in [0.15, 0.2) is 0 Å². The quantitative estimate of drug-likeness (QED) is 0.681. The average Bonchev–Trinajstić information content (AvgIpc) is 2.28. The molecule has 1 aliphatic heterocycles. The van der Waals surface area contributed by atoms with Gasteiger partial charge in [-0.25, -0.2) is 0 Å². The van der Waals surface area contributed by atoms with Crippen LogP contribution in [0.4, 0.5) is 0 Å². The maximum Gasteiger partial charge on any atom is 0.216 e. The first-order valence-electron chi connectivity index (χ1n) is 5.96. The van der Waals surface area contributed by atoms with Crippen molar-refractivity contribution in [2.24, 2.45) is 0 Å². The van der Waals surface area contributed by atoms with Gasteiger partial charge in [0.05, 0.1) is 0 Å². The maximum absolute atomic E-state index is 10.6. The Kier molecular flexibility index (Phi) is 9.52. The summed E-state index contributed by atoms with van der Waals surface area (Å²) >= 11 is 0. The van der Waals surface area contributed by atoms with Crippen molar-refractivity contribution in [3.63, 3.8) is 0 Å². The summed E-state index contributed by atoms with van der Waals surface area (Å²) in [4.78, 5) is 13.0. The predicted octanol–water partition coefficient (Wildman–Crippen LogP) is 0.690. The summed E-state index contributed by atoms with van der Waals surface area (Å²) < 4.78 is 0. The molecule has 0 aliphatic carbocycles. The first-order chi connectivity index (χ1) is 7.29. The summed E-state index contributed by atoms with van der Waals surface area (Å²) in [5.41, 5.74) is 0. The lowest BCUT2D eigenvalue weighted by Crippen LogP contribution is -2.44. The van der Waals surface area contributed by atoms with Gasteiger partial charge in [0.15, 0.2) is 0 Å². The molecule has 92 valence electrons. The standard InChI is InChI=1S/C9H19N3O.C2H6.H2/c1-9(13)11-3-2-6-12-7-4-10-5-8-12;1-2;/h10H,2-8H2,1H3,(H,11,13);1-2H3;1H. The summed E-state index contributed by atoms with van der Waals surface area (Å²) in [6.45, 7) is 11.9. The van der Waals surface area contributed by atoms with E-state index in [1.165, 1.54) is 0 Å². The van der Waals surface area contributed by atoms with E-state index in [1.54, 1.807) is 6.92 Å². The largest absolute Gasteiger partial charge is 0.356 e. The van der Waals surface area contributed by atoms with Crippen molar-refractivity contribution in [3.05, 3.63) is 0 Å². The lowest BCUT2D eigenvalue weighted by atomic mass is 10.3. The van der Waals surface area contributed by atoms with Crippen LogP contribution in [-0.4, -0.2) is 50.1 Å². The first-order valence-corrected chi connectivity index (χ1v) is 5.96. The third-order valence-corrected chi connectivity index (χ3v) is 2.23. The van der Waals surface area contributed by atoms with E-state index < -0.39 is 0 Å². The van der Waals surface area contributed by atoms with E-state index in [1.807, 2.05) is 13.8 Å². The van der Waals surface area contributed by atoms with Crippen LogP contribution in [0.2, 0.25) is 0 Å². The second kappa shape index (κ2) is 9.93. The molecule has 0 saturated carbocycles. The zero-order valence-electron chi connectivity index (χ0n) is 10.3. The molecule has 1 saturated heterocycles. The van der Waals surface area contributed by atoms with E-state index in [2.05, 4.69) is 15.5 Å². The van der Waals surface area contributed by atoms with Crippen LogP contribution < -0.4 is 10.6 Å². The predicted molar refractivity (Wildman–Crippen MR) is 66.1 cm³/mol. The summed E-state index contributed by atoms with van der Waals surface area (Å²) in [5, 5.41) is 6.12. The van der Waals surface area contributed by atoms with Gasteiger partial charge in [0, 0.05) is 41.1 Å². The number of nitrogens with zero attached hydrogens (tertiary/aromatic N) is 1. The number of rotatable bonds is 4. The van der Waals surface area contributed by atoms with Crippen molar-refractivity contribution in [2.45, 2.75) is 27.2 Å². The van der Waals surface area contributed by atoms with Gasteiger partial charge in [0.2, 0.25) is 5.91 Å². The Bertz CT molecular complexity index is 161. The van der Waals surface area contributed by atoms with Crippen molar-refractivity contribution >= 4 is 5.91 Å². The third kappa shape index (κ3) is 8.39. The van der Waals surface area contributed by atoms with Crippen molar-refractivity contribution < 1.29 is 6.22 Å². The Labute approximate surface area is 94.9 Å². The van der Waals surface area contributed by atoms with E-state index in [-0.39, 0.29) is 7.33 Å². The molecule has 0 unspecified atom stereocenters. The number of nitrogens with one attached hydrogen (secondary N) is 2. The molecule has 0 atom stereocenters.